The van der Waals surface area contributed by atoms with E-state index in [1.807, 2.05) is 33.0 Å². The number of ether oxygens (including phenoxy) is 1. The van der Waals surface area contributed by atoms with E-state index < -0.39 is 0 Å². The molecule has 0 spiro atoms. The molecule has 0 fully saturated rings. The molecule has 1 heterocycles. The Kier molecular flexibility index (Phi) is 5.02. The first-order valence-electron chi connectivity index (χ1n) is 6.26. The molecule has 5 heteroatoms. The van der Waals surface area contributed by atoms with E-state index in [0.29, 0.717) is 17.4 Å². The summed E-state index contributed by atoms with van der Waals surface area (Å²) in [5.74, 6) is 1.31. The van der Waals surface area contributed by atoms with Crippen LogP contribution in [0.4, 0.5) is 0 Å². The molecule has 0 aliphatic carbocycles. The molecule has 0 saturated heterocycles. The molecule has 0 radical (unpaired) electrons. The van der Waals surface area contributed by atoms with Crippen molar-refractivity contribution in [3.05, 3.63) is 50.6 Å². The fraction of sp³-hybridized carbons (Fsp3) is 0.267. The summed E-state index contributed by atoms with van der Waals surface area (Å²) < 4.78 is 6.92. The van der Waals surface area contributed by atoms with E-state index in [1.54, 1.807) is 12.1 Å². The lowest BCUT2D eigenvalue weighted by molar-refractivity contribution is 0.459. The van der Waals surface area contributed by atoms with Crippen molar-refractivity contribution in [3.8, 4) is 11.6 Å². The van der Waals surface area contributed by atoms with E-state index in [1.165, 1.54) is 0 Å². The van der Waals surface area contributed by atoms with Gasteiger partial charge in [0.05, 0.1) is 10.7 Å². The van der Waals surface area contributed by atoms with Crippen molar-refractivity contribution in [2.75, 3.05) is 7.05 Å². The van der Waals surface area contributed by atoms with Crippen molar-refractivity contribution in [2.24, 2.45) is 0 Å². The van der Waals surface area contributed by atoms with Crippen LogP contribution in [0.2, 0.25) is 5.02 Å². The first-order valence-corrected chi connectivity index (χ1v) is 7.43. The van der Waals surface area contributed by atoms with Gasteiger partial charge in [-0.05, 0) is 50.2 Å². The van der Waals surface area contributed by atoms with Gasteiger partial charge in [0, 0.05) is 17.1 Å². The van der Waals surface area contributed by atoms with Gasteiger partial charge in [-0.25, -0.2) is 4.98 Å². The molecule has 1 aromatic carbocycles. The van der Waals surface area contributed by atoms with Crippen molar-refractivity contribution in [2.45, 2.75) is 20.4 Å². The fourth-order valence-electron chi connectivity index (χ4n) is 1.90. The Morgan fingerprint density at radius 3 is 2.50 bits per heavy atom. The first-order chi connectivity index (χ1) is 9.51. The number of hydrogen-bond donors (Lipinski definition) is 1. The minimum atomic E-state index is 0.542. The zero-order valence-electron chi connectivity index (χ0n) is 11.6. The van der Waals surface area contributed by atoms with Crippen molar-refractivity contribution in [1.29, 1.82) is 0 Å². The fourth-order valence-corrected chi connectivity index (χ4v) is 2.30. The molecule has 0 bridgehead atoms. The predicted octanol–water partition coefficient (Wildman–Crippen LogP) is 4.63. The Bertz CT molecular complexity index is 608. The van der Waals surface area contributed by atoms with Crippen LogP contribution in [0, 0.1) is 13.8 Å². The highest BCUT2D eigenvalue weighted by molar-refractivity contribution is 9.10. The summed E-state index contributed by atoms with van der Waals surface area (Å²) in [5, 5.41) is 3.67. The Hall–Kier alpha value is -1.10. The van der Waals surface area contributed by atoms with Crippen LogP contribution in [-0.2, 0) is 6.54 Å². The lowest BCUT2D eigenvalue weighted by Crippen LogP contribution is -2.07. The first kappa shape index (κ1) is 15.3. The van der Waals surface area contributed by atoms with E-state index in [9.17, 15) is 0 Å². The molecule has 0 unspecified atom stereocenters. The zero-order valence-corrected chi connectivity index (χ0v) is 14.0. The third-order valence-corrected chi connectivity index (χ3v) is 4.46. The highest BCUT2D eigenvalue weighted by atomic mass is 79.9. The predicted molar refractivity (Wildman–Crippen MR) is 85.7 cm³/mol. The minimum Gasteiger partial charge on any atom is -0.439 e. The molecule has 0 saturated carbocycles. The van der Waals surface area contributed by atoms with Gasteiger partial charge in [0.25, 0.3) is 0 Å². The molecule has 0 aliphatic heterocycles. The summed E-state index contributed by atoms with van der Waals surface area (Å²) in [4.78, 5) is 4.41. The van der Waals surface area contributed by atoms with Crippen molar-refractivity contribution < 1.29 is 4.74 Å². The van der Waals surface area contributed by atoms with Crippen LogP contribution >= 0.6 is 27.5 Å². The van der Waals surface area contributed by atoms with Gasteiger partial charge >= 0.3 is 0 Å². The summed E-state index contributed by atoms with van der Waals surface area (Å²) in [6.45, 7) is 4.67. The van der Waals surface area contributed by atoms with Crippen LogP contribution in [0.5, 0.6) is 11.6 Å². The molecule has 1 N–H and O–H groups in total. The van der Waals surface area contributed by atoms with Crippen molar-refractivity contribution in [3.63, 3.8) is 0 Å². The van der Waals surface area contributed by atoms with Gasteiger partial charge in [-0.1, -0.05) is 27.5 Å². The van der Waals surface area contributed by atoms with E-state index in [2.05, 4.69) is 26.2 Å². The zero-order chi connectivity index (χ0) is 14.7. The quantitative estimate of drug-likeness (QED) is 0.868. The molecular weight excluding hydrogens is 340 g/mol. The third-order valence-electron chi connectivity index (χ3n) is 2.87. The molecule has 2 aromatic rings. The largest absolute Gasteiger partial charge is 0.439 e. The summed E-state index contributed by atoms with van der Waals surface area (Å²) in [5.41, 5.74) is 3.03. The maximum atomic E-state index is 6.08. The average molecular weight is 356 g/mol. The molecule has 0 amide bonds. The van der Waals surface area contributed by atoms with E-state index >= 15 is 0 Å². The Labute approximate surface area is 132 Å². The lowest BCUT2D eigenvalue weighted by atomic mass is 10.1. The molecule has 0 atom stereocenters. The van der Waals surface area contributed by atoms with Gasteiger partial charge in [0.15, 0.2) is 0 Å². The number of nitrogens with zero attached hydrogens (tertiary/aromatic N) is 1. The van der Waals surface area contributed by atoms with Crippen LogP contribution in [0.25, 0.3) is 0 Å². The highest BCUT2D eigenvalue weighted by Crippen LogP contribution is 2.29. The Morgan fingerprint density at radius 1 is 1.25 bits per heavy atom. The molecule has 3 nitrogen and oxygen atoms in total. The molecule has 2 rings (SSSR count). The van der Waals surface area contributed by atoms with E-state index in [4.69, 9.17) is 16.3 Å². The third kappa shape index (κ3) is 3.51. The van der Waals surface area contributed by atoms with Crippen molar-refractivity contribution in [1.82, 2.24) is 10.3 Å². The number of nitrogens with one attached hydrogen (secondary N) is 1. The molecule has 106 valence electrons. The number of aromatic nitrogens is 1. The SMILES string of the molecule is CNCc1nc(Oc2cc(C)c(Br)c(C)c2)ccc1Cl. The summed E-state index contributed by atoms with van der Waals surface area (Å²) in [6, 6.07) is 7.53. The Morgan fingerprint density at radius 2 is 1.90 bits per heavy atom. The molecule has 0 aliphatic rings. The van der Waals surface area contributed by atoms with Crippen LogP contribution in [0.3, 0.4) is 0 Å². The van der Waals surface area contributed by atoms with Crippen LogP contribution < -0.4 is 10.1 Å². The van der Waals surface area contributed by atoms with Crippen LogP contribution in [-0.4, -0.2) is 12.0 Å². The second-order valence-electron chi connectivity index (χ2n) is 4.58. The summed E-state index contributed by atoms with van der Waals surface area (Å²) in [6.07, 6.45) is 0. The lowest BCUT2D eigenvalue weighted by Gasteiger charge is -2.10. The van der Waals surface area contributed by atoms with Gasteiger partial charge < -0.3 is 10.1 Å². The molecule has 20 heavy (non-hydrogen) atoms. The number of hydrogen-bond acceptors (Lipinski definition) is 3. The van der Waals surface area contributed by atoms with Crippen LogP contribution in [0.1, 0.15) is 16.8 Å². The second kappa shape index (κ2) is 6.57. The smallest absolute Gasteiger partial charge is 0.219 e. The van der Waals surface area contributed by atoms with Gasteiger partial charge in [-0.3, -0.25) is 0 Å². The van der Waals surface area contributed by atoms with Gasteiger partial charge in [0.2, 0.25) is 5.88 Å². The van der Waals surface area contributed by atoms with Gasteiger partial charge in [-0.2, -0.15) is 0 Å². The maximum absolute atomic E-state index is 6.08. The number of pyridine rings is 1. The number of rotatable bonds is 4. The topological polar surface area (TPSA) is 34.2 Å². The normalized spacial score (nSPS) is 10.7. The average Bonchev–Trinajstić information content (AvgIpc) is 2.40. The van der Waals surface area contributed by atoms with Gasteiger partial charge in [0.1, 0.15) is 5.75 Å². The standard InChI is InChI=1S/C15H16BrClN2O/c1-9-6-11(7-10(2)15(9)16)20-14-5-4-12(17)13(19-14)8-18-3/h4-7,18H,8H2,1-3H3. The Balaban J connectivity index is 2.28. The minimum absolute atomic E-state index is 0.542. The molecular formula is C15H16BrClN2O. The molecule has 1 aromatic heterocycles. The van der Waals surface area contributed by atoms with E-state index in [-0.39, 0.29) is 0 Å². The summed E-state index contributed by atoms with van der Waals surface area (Å²) >= 11 is 9.63. The second-order valence-corrected chi connectivity index (χ2v) is 5.78. The maximum Gasteiger partial charge on any atom is 0.219 e. The number of benzene rings is 1. The summed E-state index contributed by atoms with van der Waals surface area (Å²) in [7, 11) is 1.85. The van der Waals surface area contributed by atoms with Gasteiger partial charge in [-0.15, -0.1) is 0 Å². The van der Waals surface area contributed by atoms with Crippen LogP contribution in [0.15, 0.2) is 28.7 Å². The van der Waals surface area contributed by atoms with E-state index in [0.717, 1.165) is 27.0 Å². The van der Waals surface area contributed by atoms with Crippen molar-refractivity contribution >= 4 is 27.5 Å². The highest BCUT2D eigenvalue weighted by Gasteiger charge is 2.07. The number of aryl methyl sites for hydroxylation is 2. The number of halogens is 2. The monoisotopic (exact) mass is 354 g/mol.